The highest BCUT2D eigenvalue weighted by Crippen LogP contribution is 2.31. The molecular weight excluding hydrogens is 420 g/mol. The number of ether oxygens (including phenoxy) is 3. The number of nitrogens with zero attached hydrogens (tertiary/aromatic N) is 1. The molecule has 1 atom stereocenters. The fourth-order valence-corrected chi connectivity index (χ4v) is 5.41. The fraction of sp³-hybridized carbons (Fsp3) is 0.409. The second-order valence-corrected chi connectivity index (χ2v) is 9.15. The number of sulfonamides is 1. The molecule has 168 valence electrons. The average Bonchev–Trinajstić information content (AvgIpc) is 2.79. The highest BCUT2D eigenvalue weighted by atomic mass is 32.2. The highest BCUT2D eigenvalue weighted by molar-refractivity contribution is 7.89. The normalized spacial score (nSPS) is 17.1. The average molecular weight is 449 g/mol. The molecule has 0 radical (unpaired) electrons. The first-order valence-corrected chi connectivity index (χ1v) is 11.5. The van der Waals surface area contributed by atoms with Gasteiger partial charge < -0.3 is 19.5 Å². The molecule has 2 aromatic rings. The number of nitrogens with one attached hydrogen (secondary N) is 1. The molecule has 31 heavy (non-hydrogen) atoms. The first-order chi connectivity index (χ1) is 14.9. The monoisotopic (exact) mass is 448 g/mol. The third kappa shape index (κ3) is 5.29. The molecule has 1 aliphatic rings. The number of methoxy groups -OCH3 is 3. The van der Waals surface area contributed by atoms with E-state index in [2.05, 4.69) is 5.32 Å². The van der Waals surface area contributed by atoms with Gasteiger partial charge in [0.15, 0.2) is 11.5 Å². The van der Waals surface area contributed by atoms with E-state index in [0.717, 1.165) is 12.8 Å². The van der Waals surface area contributed by atoms with Crippen LogP contribution in [-0.2, 0) is 14.8 Å². The summed E-state index contributed by atoms with van der Waals surface area (Å²) in [5.74, 6) is 1.39. The van der Waals surface area contributed by atoms with Gasteiger partial charge in [-0.2, -0.15) is 4.31 Å². The first kappa shape index (κ1) is 22.9. The van der Waals surface area contributed by atoms with Crippen molar-refractivity contribution >= 4 is 21.6 Å². The Morgan fingerprint density at radius 3 is 2.35 bits per heavy atom. The summed E-state index contributed by atoms with van der Waals surface area (Å²) in [7, 11) is 0.876. The van der Waals surface area contributed by atoms with Gasteiger partial charge in [0.25, 0.3) is 0 Å². The second-order valence-electron chi connectivity index (χ2n) is 7.26. The van der Waals surface area contributed by atoms with Crippen LogP contribution in [-0.4, -0.2) is 52.5 Å². The molecule has 1 unspecified atom stereocenters. The predicted octanol–water partition coefficient (Wildman–Crippen LogP) is 3.28. The van der Waals surface area contributed by atoms with Gasteiger partial charge in [0.2, 0.25) is 15.9 Å². The van der Waals surface area contributed by atoms with Gasteiger partial charge >= 0.3 is 0 Å². The first-order valence-electron chi connectivity index (χ1n) is 10.1. The van der Waals surface area contributed by atoms with Gasteiger partial charge in [-0.1, -0.05) is 6.42 Å². The molecule has 0 spiro atoms. The Kier molecular flexibility index (Phi) is 7.40. The van der Waals surface area contributed by atoms with E-state index >= 15 is 0 Å². The van der Waals surface area contributed by atoms with Crippen LogP contribution >= 0.6 is 0 Å². The van der Waals surface area contributed by atoms with Crippen LogP contribution in [0.15, 0.2) is 47.4 Å². The van der Waals surface area contributed by atoms with Gasteiger partial charge in [-0.3, -0.25) is 4.79 Å². The molecule has 1 saturated heterocycles. The standard InChI is InChI=1S/C22H28N2O6S/c1-28-18-8-10-19(11-9-18)31(26,27)24-13-5-4-6-17(24)15-22(25)23-16-7-12-20(29-2)21(14-16)30-3/h7-12,14,17H,4-6,13,15H2,1-3H3,(H,23,25). The maximum Gasteiger partial charge on any atom is 0.243 e. The lowest BCUT2D eigenvalue weighted by Gasteiger charge is -2.34. The number of hydrogen-bond acceptors (Lipinski definition) is 6. The Hall–Kier alpha value is -2.78. The van der Waals surface area contributed by atoms with Gasteiger partial charge in [-0.05, 0) is 49.2 Å². The van der Waals surface area contributed by atoms with Crippen molar-refractivity contribution in [1.82, 2.24) is 4.31 Å². The Morgan fingerprint density at radius 2 is 1.71 bits per heavy atom. The molecule has 1 fully saturated rings. The molecule has 1 aliphatic heterocycles. The van der Waals surface area contributed by atoms with E-state index < -0.39 is 16.1 Å². The summed E-state index contributed by atoms with van der Waals surface area (Å²) in [4.78, 5) is 12.9. The van der Waals surface area contributed by atoms with Gasteiger partial charge in [0, 0.05) is 30.8 Å². The minimum absolute atomic E-state index is 0.0731. The quantitative estimate of drug-likeness (QED) is 0.666. The van der Waals surface area contributed by atoms with Crippen molar-refractivity contribution in [2.24, 2.45) is 0 Å². The zero-order valence-electron chi connectivity index (χ0n) is 18.0. The minimum Gasteiger partial charge on any atom is -0.497 e. The SMILES string of the molecule is COc1ccc(S(=O)(=O)N2CCCCC2CC(=O)Nc2ccc(OC)c(OC)c2)cc1. The van der Waals surface area contributed by atoms with Crippen LogP contribution in [0.25, 0.3) is 0 Å². The Balaban J connectivity index is 1.73. The number of piperidine rings is 1. The van der Waals surface area contributed by atoms with E-state index in [1.54, 1.807) is 30.3 Å². The summed E-state index contributed by atoms with van der Waals surface area (Å²) in [6.07, 6.45) is 2.35. The van der Waals surface area contributed by atoms with Crippen molar-refractivity contribution in [2.45, 2.75) is 36.6 Å². The van der Waals surface area contributed by atoms with Crippen molar-refractivity contribution in [1.29, 1.82) is 0 Å². The molecule has 9 heteroatoms. The number of carbonyl (C=O) groups excluding carboxylic acids is 1. The molecule has 3 rings (SSSR count). The van der Waals surface area contributed by atoms with E-state index in [1.807, 2.05) is 0 Å². The third-order valence-corrected chi connectivity index (χ3v) is 7.29. The minimum atomic E-state index is -3.71. The number of hydrogen-bond donors (Lipinski definition) is 1. The molecule has 0 bridgehead atoms. The van der Waals surface area contributed by atoms with Crippen LogP contribution < -0.4 is 19.5 Å². The lowest BCUT2D eigenvalue weighted by molar-refractivity contribution is -0.117. The number of carbonyl (C=O) groups is 1. The Bertz CT molecular complexity index is 1010. The van der Waals surface area contributed by atoms with Crippen LogP contribution in [0, 0.1) is 0 Å². The lowest BCUT2D eigenvalue weighted by atomic mass is 10.0. The summed E-state index contributed by atoms with van der Waals surface area (Å²) in [5, 5.41) is 2.83. The molecule has 0 aromatic heterocycles. The fourth-order valence-electron chi connectivity index (χ4n) is 3.72. The summed E-state index contributed by atoms with van der Waals surface area (Å²) in [5.41, 5.74) is 0.558. The molecule has 2 aromatic carbocycles. The number of rotatable bonds is 8. The molecule has 0 aliphatic carbocycles. The number of amides is 1. The lowest BCUT2D eigenvalue weighted by Crippen LogP contribution is -2.45. The molecule has 1 N–H and O–H groups in total. The van der Waals surface area contributed by atoms with Crippen molar-refractivity contribution in [3.63, 3.8) is 0 Å². The van der Waals surface area contributed by atoms with E-state index in [4.69, 9.17) is 14.2 Å². The summed E-state index contributed by atoms with van der Waals surface area (Å²) < 4.78 is 43.5. The largest absolute Gasteiger partial charge is 0.497 e. The molecule has 1 heterocycles. The van der Waals surface area contributed by atoms with Gasteiger partial charge in [0.1, 0.15) is 5.75 Å². The van der Waals surface area contributed by atoms with Crippen molar-refractivity contribution < 1.29 is 27.4 Å². The van der Waals surface area contributed by atoms with E-state index in [-0.39, 0.29) is 17.2 Å². The number of benzene rings is 2. The Labute approximate surface area is 183 Å². The zero-order valence-corrected chi connectivity index (χ0v) is 18.8. The molecule has 0 saturated carbocycles. The second kappa shape index (κ2) is 10.0. The summed E-state index contributed by atoms with van der Waals surface area (Å²) >= 11 is 0. The molecule has 8 nitrogen and oxygen atoms in total. The van der Waals surface area contributed by atoms with Gasteiger partial charge in [0.05, 0.1) is 26.2 Å². The van der Waals surface area contributed by atoms with Crippen LogP contribution in [0.5, 0.6) is 17.2 Å². The van der Waals surface area contributed by atoms with E-state index in [9.17, 15) is 13.2 Å². The third-order valence-electron chi connectivity index (χ3n) is 5.33. The summed E-state index contributed by atoms with van der Waals surface area (Å²) in [6, 6.07) is 11.0. The van der Waals surface area contributed by atoms with Crippen LogP contribution in [0.1, 0.15) is 25.7 Å². The number of anilines is 1. The smallest absolute Gasteiger partial charge is 0.243 e. The summed E-state index contributed by atoms with van der Waals surface area (Å²) in [6.45, 7) is 0.392. The van der Waals surface area contributed by atoms with Crippen molar-refractivity contribution in [3.8, 4) is 17.2 Å². The van der Waals surface area contributed by atoms with Crippen molar-refractivity contribution in [2.75, 3.05) is 33.2 Å². The molecule has 1 amide bonds. The van der Waals surface area contributed by atoms with Crippen LogP contribution in [0.2, 0.25) is 0 Å². The molecular formula is C22H28N2O6S. The van der Waals surface area contributed by atoms with E-state index in [0.29, 0.717) is 35.9 Å². The topological polar surface area (TPSA) is 94.2 Å². The Morgan fingerprint density at radius 1 is 1.00 bits per heavy atom. The van der Waals surface area contributed by atoms with E-state index in [1.165, 1.54) is 37.8 Å². The van der Waals surface area contributed by atoms with Crippen LogP contribution in [0.4, 0.5) is 5.69 Å². The zero-order chi connectivity index (χ0) is 22.4. The highest BCUT2D eigenvalue weighted by Gasteiger charge is 2.34. The van der Waals surface area contributed by atoms with Gasteiger partial charge in [-0.15, -0.1) is 0 Å². The van der Waals surface area contributed by atoms with Crippen LogP contribution in [0.3, 0.4) is 0 Å². The van der Waals surface area contributed by atoms with Crippen molar-refractivity contribution in [3.05, 3.63) is 42.5 Å². The predicted molar refractivity (Wildman–Crippen MR) is 117 cm³/mol. The maximum atomic E-state index is 13.2. The van der Waals surface area contributed by atoms with Gasteiger partial charge in [-0.25, -0.2) is 8.42 Å². The maximum absolute atomic E-state index is 13.2.